The largest absolute Gasteiger partial charge is 0.338 e. The van der Waals surface area contributed by atoms with Gasteiger partial charge in [0, 0.05) is 32.2 Å². The standard InChI is InChI=1S/C9H10ClN5/c10-8-5-7(6-11)13-9(14-8)15-3-1-12-2-4-15/h5,12H,1-4H2. The van der Waals surface area contributed by atoms with Gasteiger partial charge in [0.2, 0.25) is 5.95 Å². The molecular weight excluding hydrogens is 214 g/mol. The second-order valence-corrected chi connectivity index (χ2v) is 3.61. The van der Waals surface area contributed by atoms with Gasteiger partial charge in [-0.1, -0.05) is 11.6 Å². The Hall–Kier alpha value is -1.38. The molecule has 0 bridgehead atoms. The normalized spacial score (nSPS) is 16.1. The lowest BCUT2D eigenvalue weighted by Gasteiger charge is -2.27. The number of nitrogens with one attached hydrogen (secondary N) is 1. The molecule has 2 rings (SSSR count). The fourth-order valence-electron chi connectivity index (χ4n) is 1.47. The highest BCUT2D eigenvalue weighted by Gasteiger charge is 2.14. The number of hydrogen-bond donors (Lipinski definition) is 1. The van der Waals surface area contributed by atoms with Crippen LogP contribution in [0, 0.1) is 11.3 Å². The van der Waals surface area contributed by atoms with Crippen molar-refractivity contribution in [2.75, 3.05) is 31.1 Å². The Morgan fingerprint density at radius 2 is 2.13 bits per heavy atom. The highest BCUT2D eigenvalue weighted by atomic mass is 35.5. The summed E-state index contributed by atoms with van der Waals surface area (Å²) < 4.78 is 0. The smallest absolute Gasteiger partial charge is 0.228 e. The first-order valence-corrected chi connectivity index (χ1v) is 5.08. The molecule has 0 aliphatic carbocycles. The van der Waals surface area contributed by atoms with Crippen LogP contribution in [0.25, 0.3) is 0 Å². The summed E-state index contributed by atoms with van der Waals surface area (Å²) in [5, 5.41) is 12.3. The van der Waals surface area contributed by atoms with Crippen LogP contribution < -0.4 is 10.2 Å². The summed E-state index contributed by atoms with van der Waals surface area (Å²) in [5.74, 6) is 0.542. The number of aromatic nitrogens is 2. The zero-order valence-corrected chi connectivity index (χ0v) is 8.83. The third-order valence-corrected chi connectivity index (χ3v) is 2.39. The van der Waals surface area contributed by atoms with Crippen molar-refractivity contribution < 1.29 is 0 Å². The number of hydrogen-bond acceptors (Lipinski definition) is 5. The van der Waals surface area contributed by atoms with Crippen molar-refractivity contribution in [3.05, 3.63) is 16.9 Å². The van der Waals surface area contributed by atoms with Crippen LogP contribution in [0.1, 0.15) is 5.69 Å². The molecule has 1 fully saturated rings. The van der Waals surface area contributed by atoms with E-state index in [4.69, 9.17) is 16.9 Å². The Kier molecular flexibility index (Phi) is 2.99. The van der Waals surface area contributed by atoms with E-state index in [1.54, 1.807) is 0 Å². The Balaban J connectivity index is 2.27. The van der Waals surface area contributed by atoms with Gasteiger partial charge in [0.05, 0.1) is 0 Å². The van der Waals surface area contributed by atoms with Gasteiger partial charge in [0.15, 0.2) is 0 Å². The predicted octanol–water partition coefficient (Wildman–Crippen LogP) is 0.411. The average molecular weight is 224 g/mol. The number of halogens is 1. The number of piperazine rings is 1. The molecule has 0 radical (unpaired) electrons. The summed E-state index contributed by atoms with van der Waals surface area (Å²) >= 11 is 5.80. The van der Waals surface area contributed by atoms with Crippen LogP contribution in [0.5, 0.6) is 0 Å². The first kappa shape index (κ1) is 10.1. The Morgan fingerprint density at radius 3 is 2.80 bits per heavy atom. The summed E-state index contributed by atoms with van der Waals surface area (Å²) in [4.78, 5) is 10.2. The van der Waals surface area contributed by atoms with E-state index in [1.807, 2.05) is 11.0 Å². The van der Waals surface area contributed by atoms with E-state index < -0.39 is 0 Å². The summed E-state index contributed by atoms with van der Waals surface area (Å²) in [7, 11) is 0. The molecule has 0 aromatic carbocycles. The molecule has 78 valence electrons. The van der Waals surface area contributed by atoms with E-state index in [2.05, 4.69) is 15.3 Å². The molecule has 1 aliphatic rings. The SMILES string of the molecule is N#Cc1cc(Cl)nc(N2CCNCC2)n1. The van der Waals surface area contributed by atoms with Crippen molar-refractivity contribution in [1.82, 2.24) is 15.3 Å². The van der Waals surface area contributed by atoms with Crippen LogP contribution >= 0.6 is 11.6 Å². The van der Waals surface area contributed by atoms with Crippen LogP contribution in [0.2, 0.25) is 5.15 Å². The van der Waals surface area contributed by atoms with Crippen molar-refractivity contribution in [1.29, 1.82) is 5.26 Å². The van der Waals surface area contributed by atoms with Crippen LogP contribution in [0.15, 0.2) is 6.07 Å². The molecule has 0 amide bonds. The monoisotopic (exact) mass is 223 g/mol. The molecule has 0 spiro atoms. The van der Waals surface area contributed by atoms with Crippen molar-refractivity contribution in [3.8, 4) is 6.07 Å². The highest BCUT2D eigenvalue weighted by molar-refractivity contribution is 6.29. The second-order valence-electron chi connectivity index (χ2n) is 3.22. The van der Waals surface area contributed by atoms with E-state index in [9.17, 15) is 0 Å². The lowest BCUT2D eigenvalue weighted by atomic mass is 10.4. The molecule has 0 unspecified atom stereocenters. The zero-order valence-electron chi connectivity index (χ0n) is 8.07. The van der Waals surface area contributed by atoms with Gasteiger partial charge in [-0.2, -0.15) is 5.26 Å². The fraction of sp³-hybridized carbons (Fsp3) is 0.444. The minimum absolute atomic E-state index is 0.309. The van der Waals surface area contributed by atoms with Gasteiger partial charge < -0.3 is 10.2 Å². The molecule has 1 saturated heterocycles. The van der Waals surface area contributed by atoms with E-state index in [0.717, 1.165) is 26.2 Å². The quantitative estimate of drug-likeness (QED) is 0.699. The lowest BCUT2D eigenvalue weighted by Crippen LogP contribution is -2.44. The van der Waals surface area contributed by atoms with Gasteiger partial charge in [-0.05, 0) is 0 Å². The number of nitriles is 1. The van der Waals surface area contributed by atoms with Crippen molar-refractivity contribution in [3.63, 3.8) is 0 Å². The second kappa shape index (κ2) is 4.43. The molecule has 0 saturated carbocycles. The Labute approximate surface area is 92.7 Å². The average Bonchev–Trinajstić information content (AvgIpc) is 2.29. The minimum Gasteiger partial charge on any atom is -0.338 e. The molecule has 6 heteroatoms. The molecule has 1 aromatic heterocycles. The van der Waals surface area contributed by atoms with Crippen LogP contribution in [0.3, 0.4) is 0 Å². The third kappa shape index (κ3) is 2.35. The number of rotatable bonds is 1. The molecule has 5 nitrogen and oxygen atoms in total. The summed E-state index contributed by atoms with van der Waals surface area (Å²) in [6.07, 6.45) is 0. The molecule has 1 N–H and O–H groups in total. The maximum Gasteiger partial charge on any atom is 0.228 e. The molecule has 2 heterocycles. The predicted molar refractivity (Wildman–Crippen MR) is 56.8 cm³/mol. The van der Waals surface area contributed by atoms with Crippen LogP contribution in [0.4, 0.5) is 5.95 Å². The molecular formula is C9H10ClN5. The molecule has 1 aliphatic heterocycles. The molecule has 15 heavy (non-hydrogen) atoms. The van der Waals surface area contributed by atoms with E-state index in [0.29, 0.717) is 16.8 Å². The highest BCUT2D eigenvalue weighted by Crippen LogP contribution is 2.13. The van der Waals surface area contributed by atoms with Gasteiger partial charge in [0.1, 0.15) is 16.9 Å². The van der Waals surface area contributed by atoms with Gasteiger partial charge in [-0.15, -0.1) is 0 Å². The van der Waals surface area contributed by atoms with E-state index in [-0.39, 0.29) is 0 Å². The van der Waals surface area contributed by atoms with Gasteiger partial charge in [-0.3, -0.25) is 0 Å². The molecule has 1 aromatic rings. The maximum atomic E-state index is 8.76. The summed E-state index contributed by atoms with van der Waals surface area (Å²) in [6, 6.07) is 3.43. The Morgan fingerprint density at radius 1 is 1.40 bits per heavy atom. The van der Waals surface area contributed by atoms with Crippen molar-refractivity contribution >= 4 is 17.5 Å². The zero-order chi connectivity index (χ0) is 10.7. The first-order valence-electron chi connectivity index (χ1n) is 4.70. The number of anilines is 1. The van der Waals surface area contributed by atoms with Crippen LogP contribution in [-0.2, 0) is 0 Å². The van der Waals surface area contributed by atoms with E-state index >= 15 is 0 Å². The van der Waals surface area contributed by atoms with E-state index in [1.165, 1.54) is 6.07 Å². The maximum absolute atomic E-state index is 8.76. The number of nitrogens with zero attached hydrogens (tertiary/aromatic N) is 4. The summed E-state index contributed by atoms with van der Waals surface area (Å²) in [5.41, 5.74) is 0.309. The van der Waals surface area contributed by atoms with Gasteiger partial charge in [0.25, 0.3) is 0 Å². The van der Waals surface area contributed by atoms with Crippen molar-refractivity contribution in [2.45, 2.75) is 0 Å². The first-order chi connectivity index (χ1) is 7.29. The molecule has 0 atom stereocenters. The minimum atomic E-state index is 0.309. The van der Waals surface area contributed by atoms with Gasteiger partial charge >= 0.3 is 0 Å². The topological polar surface area (TPSA) is 64.8 Å². The van der Waals surface area contributed by atoms with Gasteiger partial charge in [-0.25, -0.2) is 9.97 Å². The fourth-order valence-corrected chi connectivity index (χ4v) is 1.65. The summed E-state index contributed by atoms with van der Waals surface area (Å²) in [6.45, 7) is 3.48. The lowest BCUT2D eigenvalue weighted by molar-refractivity contribution is 0.579. The van der Waals surface area contributed by atoms with Crippen molar-refractivity contribution in [2.24, 2.45) is 0 Å². The van der Waals surface area contributed by atoms with Crippen LogP contribution in [-0.4, -0.2) is 36.1 Å². The third-order valence-electron chi connectivity index (χ3n) is 2.20. The Bertz CT molecular complexity index is 394.